The first-order chi connectivity index (χ1) is 12.8. The summed E-state index contributed by atoms with van der Waals surface area (Å²) < 4.78 is 5.90. The fourth-order valence-corrected chi connectivity index (χ4v) is 2.64. The van der Waals surface area contributed by atoms with Gasteiger partial charge in [0.2, 0.25) is 5.89 Å². The Hall–Kier alpha value is -3.73. The number of carbonyl (C=O) groups excluding carboxylic acids is 1. The number of oxazole rings is 1. The summed E-state index contributed by atoms with van der Waals surface area (Å²) in [6.45, 7) is 0. The van der Waals surface area contributed by atoms with Crippen molar-refractivity contribution < 1.29 is 9.21 Å². The number of hydrogen-bond acceptors (Lipinski definition) is 4. The van der Waals surface area contributed by atoms with Crippen molar-refractivity contribution in [1.82, 2.24) is 9.97 Å². The van der Waals surface area contributed by atoms with Gasteiger partial charge in [-0.3, -0.25) is 9.78 Å². The molecule has 5 heteroatoms. The molecule has 0 bridgehead atoms. The van der Waals surface area contributed by atoms with E-state index < -0.39 is 0 Å². The van der Waals surface area contributed by atoms with E-state index in [0.717, 1.165) is 5.56 Å². The second kappa shape index (κ2) is 7.03. The van der Waals surface area contributed by atoms with Crippen molar-refractivity contribution in [3.8, 4) is 22.8 Å². The number of nitrogens with zero attached hydrogens (tertiary/aromatic N) is 2. The minimum atomic E-state index is -0.230. The van der Waals surface area contributed by atoms with Crippen LogP contribution in [0.1, 0.15) is 10.4 Å². The molecule has 0 aliphatic heterocycles. The third-order valence-corrected chi connectivity index (χ3v) is 3.90. The molecule has 0 fully saturated rings. The highest BCUT2D eigenvalue weighted by Crippen LogP contribution is 2.28. The van der Waals surface area contributed by atoms with E-state index in [-0.39, 0.29) is 5.91 Å². The van der Waals surface area contributed by atoms with E-state index in [4.69, 9.17) is 4.42 Å². The number of pyridine rings is 1. The molecule has 126 valence electrons. The SMILES string of the molecule is O=C(Nc1ccncc1)c1ccccc1-c1ncc(-c2ccccc2)o1. The van der Waals surface area contributed by atoms with Crippen LogP contribution in [0.25, 0.3) is 22.8 Å². The molecule has 2 aromatic heterocycles. The Morgan fingerprint density at radius 3 is 2.42 bits per heavy atom. The first kappa shape index (κ1) is 15.8. The lowest BCUT2D eigenvalue weighted by molar-refractivity contribution is 0.102. The summed E-state index contributed by atoms with van der Waals surface area (Å²) in [4.78, 5) is 21.0. The van der Waals surface area contributed by atoms with Gasteiger partial charge in [0, 0.05) is 29.2 Å². The molecule has 26 heavy (non-hydrogen) atoms. The molecule has 1 amide bonds. The Morgan fingerprint density at radius 2 is 1.62 bits per heavy atom. The van der Waals surface area contributed by atoms with Crippen LogP contribution in [0.3, 0.4) is 0 Å². The van der Waals surface area contributed by atoms with Crippen LogP contribution in [0.5, 0.6) is 0 Å². The van der Waals surface area contributed by atoms with Gasteiger partial charge < -0.3 is 9.73 Å². The summed E-state index contributed by atoms with van der Waals surface area (Å²) >= 11 is 0. The van der Waals surface area contributed by atoms with Crippen molar-refractivity contribution in [3.63, 3.8) is 0 Å². The van der Waals surface area contributed by atoms with Gasteiger partial charge in [0.25, 0.3) is 5.91 Å². The molecule has 5 nitrogen and oxygen atoms in total. The standard InChI is InChI=1S/C21H15N3O2/c25-20(24-16-10-12-22-13-11-16)17-8-4-5-9-18(17)21-23-14-19(26-21)15-6-2-1-3-7-15/h1-14H,(H,22,24,25). The average Bonchev–Trinajstić information content (AvgIpc) is 3.19. The van der Waals surface area contributed by atoms with E-state index in [9.17, 15) is 4.79 Å². The summed E-state index contributed by atoms with van der Waals surface area (Å²) in [6, 6.07) is 20.4. The zero-order valence-electron chi connectivity index (χ0n) is 13.8. The molecule has 0 unspecified atom stereocenters. The smallest absolute Gasteiger partial charge is 0.256 e. The summed E-state index contributed by atoms with van der Waals surface area (Å²) in [7, 11) is 0. The molecule has 1 N–H and O–H groups in total. The van der Waals surface area contributed by atoms with E-state index in [1.165, 1.54) is 0 Å². The normalized spacial score (nSPS) is 10.5. The van der Waals surface area contributed by atoms with Gasteiger partial charge in [0.15, 0.2) is 5.76 Å². The van der Waals surface area contributed by atoms with Crippen LogP contribution in [0, 0.1) is 0 Å². The summed E-state index contributed by atoms with van der Waals surface area (Å²) in [5.41, 5.74) is 2.74. The maximum atomic E-state index is 12.7. The molecule has 0 saturated heterocycles. The molecular weight excluding hydrogens is 326 g/mol. The van der Waals surface area contributed by atoms with Crippen molar-refractivity contribution in [3.05, 3.63) is 90.9 Å². The Labute approximate surface area is 150 Å². The van der Waals surface area contributed by atoms with Crippen LogP contribution in [0.15, 0.2) is 89.7 Å². The molecule has 2 aromatic carbocycles. The van der Waals surface area contributed by atoms with Crippen molar-refractivity contribution in [2.75, 3.05) is 5.32 Å². The van der Waals surface area contributed by atoms with Gasteiger partial charge in [-0.2, -0.15) is 0 Å². The molecular formula is C21H15N3O2. The Kier molecular flexibility index (Phi) is 4.26. The van der Waals surface area contributed by atoms with E-state index in [1.807, 2.05) is 48.5 Å². The monoisotopic (exact) mass is 341 g/mol. The third-order valence-electron chi connectivity index (χ3n) is 3.90. The van der Waals surface area contributed by atoms with Crippen LogP contribution < -0.4 is 5.32 Å². The van der Waals surface area contributed by atoms with Crippen molar-refractivity contribution in [2.45, 2.75) is 0 Å². The van der Waals surface area contributed by atoms with Crippen molar-refractivity contribution in [2.24, 2.45) is 0 Å². The van der Waals surface area contributed by atoms with Crippen LogP contribution in [0.4, 0.5) is 5.69 Å². The van der Waals surface area contributed by atoms with Crippen molar-refractivity contribution in [1.29, 1.82) is 0 Å². The largest absolute Gasteiger partial charge is 0.436 e. The minimum Gasteiger partial charge on any atom is -0.436 e. The molecule has 0 radical (unpaired) electrons. The number of aromatic nitrogens is 2. The lowest BCUT2D eigenvalue weighted by Gasteiger charge is -2.08. The van der Waals surface area contributed by atoms with Crippen LogP contribution in [-0.2, 0) is 0 Å². The van der Waals surface area contributed by atoms with E-state index >= 15 is 0 Å². The molecule has 4 aromatic rings. The Bertz CT molecular complexity index is 1030. The number of rotatable bonds is 4. The van der Waals surface area contributed by atoms with Gasteiger partial charge in [0.05, 0.1) is 11.8 Å². The van der Waals surface area contributed by atoms with Gasteiger partial charge in [-0.15, -0.1) is 0 Å². The topological polar surface area (TPSA) is 68.0 Å². The fourth-order valence-electron chi connectivity index (χ4n) is 2.64. The van der Waals surface area contributed by atoms with Crippen molar-refractivity contribution >= 4 is 11.6 Å². The minimum absolute atomic E-state index is 0.230. The lowest BCUT2D eigenvalue weighted by Crippen LogP contribution is -2.13. The van der Waals surface area contributed by atoms with Gasteiger partial charge in [-0.05, 0) is 24.3 Å². The number of benzene rings is 2. The Balaban J connectivity index is 1.66. The highest BCUT2D eigenvalue weighted by molar-refractivity contribution is 6.08. The summed E-state index contributed by atoms with van der Waals surface area (Å²) in [6.07, 6.45) is 4.92. The zero-order valence-corrected chi connectivity index (χ0v) is 13.8. The molecule has 0 saturated carbocycles. The first-order valence-corrected chi connectivity index (χ1v) is 8.13. The number of amides is 1. The number of hydrogen-bond donors (Lipinski definition) is 1. The first-order valence-electron chi connectivity index (χ1n) is 8.13. The highest BCUT2D eigenvalue weighted by Gasteiger charge is 2.17. The average molecular weight is 341 g/mol. The lowest BCUT2D eigenvalue weighted by atomic mass is 10.1. The van der Waals surface area contributed by atoms with Gasteiger partial charge in [-0.1, -0.05) is 42.5 Å². The zero-order chi connectivity index (χ0) is 17.8. The van der Waals surface area contributed by atoms with E-state index in [0.29, 0.717) is 28.5 Å². The molecule has 0 atom stereocenters. The third kappa shape index (κ3) is 3.23. The maximum Gasteiger partial charge on any atom is 0.256 e. The number of carbonyl (C=O) groups is 1. The molecule has 4 rings (SSSR count). The van der Waals surface area contributed by atoms with Crippen LogP contribution in [0.2, 0.25) is 0 Å². The highest BCUT2D eigenvalue weighted by atomic mass is 16.4. The molecule has 0 aliphatic rings. The van der Waals surface area contributed by atoms with Gasteiger partial charge in [0.1, 0.15) is 0 Å². The van der Waals surface area contributed by atoms with Gasteiger partial charge in [-0.25, -0.2) is 4.98 Å². The van der Waals surface area contributed by atoms with Crippen LogP contribution in [-0.4, -0.2) is 15.9 Å². The number of anilines is 1. The molecule has 0 aliphatic carbocycles. The Morgan fingerprint density at radius 1 is 0.885 bits per heavy atom. The molecule has 2 heterocycles. The predicted molar refractivity (Wildman–Crippen MR) is 99.6 cm³/mol. The molecule has 0 spiro atoms. The van der Waals surface area contributed by atoms with Gasteiger partial charge >= 0.3 is 0 Å². The van der Waals surface area contributed by atoms with Crippen LogP contribution >= 0.6 is 0 Å². The number of nitrogens with one attached hydrogen (secondary N) is 1. The van der Waals surface area contributed by atoms with E-state index in [1.54, 1.807) is 36.8 Å². The quantitative estimate of drug-likeness (QED) is 0.586. The summed E-state index contributed by atoms with van der Waals surface area (Å²) in [5.74, 6) is 0.834. The fraction of sp³-hybridized carbons (Fsp3) is 0. The summed E-state index contributed by atoms with van der Waals surface area (Å²) in [5, 5.41) is 2.86. The maximum absolute atomic E-state index is 12.7. The second-order valence-electron chi connectivity index (χ2n) is 5.63. The second-order valence-corrected chi connectivity index (χ2v) is 5.63. The predicted octanol–water partition coefficient (Wildman–Crippen LogP) is 4.66. The van der Waals surface area contributed by atoms with E-state index in [2.05, 4.69) is 15.3 Å².